The van der Waals surface area contributed by atoms with Crippen molar-refractivity contribution in [3.05, 3.63) is 30.3 Å². The number of hydrogen-bond donors (Lipinski definition) is 1. The molecule has 3 rings (SSSR count). The van der Waals surface area contributed by atoms with Crippen LogP contribution in [0.5, 0.6) is 0 Å². The molecule has 2 aliphatic rings. The van der Waals surface area contributed by atoms with Crippen LogP contribution >= 0.6 is 0 Å². The highest BCUT2D eigenvalue weighted by Crippen LogP contribution is 2.52. The van der Waals surface area contributed by atoms with E-state index in [1.165, 1.54) is 18.5 Å². The lowest BCUT2D eigenvalue weighted by atomic mass is 9.55. The van der Waals surface area contributed by atoms with Gasteiger partial charge in [0, 0.05) is 29.7 Å². The monoisotopic (exact) mass is 231 g/mol. The predicted octanol–water partition coefficient (Wildman–Crippen LogP) is 3.30. The molecular weight excluding hydrogens is 210 g/mol. The van der Waals surface area contributed by atoms with Crippen LogP contribution in [0, 0.1) is 11.3 Å². The van der Waals surface area contributed by atoms with Gasteiger partial charge < -0.3 is 10.1 Å². The first kappa shape index (κ1) is 11.1. The minimum absolute atomic E-state index is 0.251. The average Bonchev–Trinajstić information content (AvgIpc) is 2.37. The number of benzene rings is 1. The summed E-state index contributed by atoms with van der Waals surface area (Å²) in [6, 6.07) is 11.1. The topological polar surface area (TPSA) is 21.3 Å². The maximum atomic E-state index is 5.92. The third kappa shape index (κ3) is 1.75. The molecule has 1 saturated carbocycles. The summed E-state index contributed by atoms with van der Waals surface area (Å²) in [6.45, 7) is 5.59. The van der Waals surface area contributed by atoms with E-state index in [1.54, 1.807) is 0 Å². The van der Waals surface area contributed by atoms with Gasteiger partial charge in [0.15, 0.2) is 0 Å². The van der Waals surface area contributed by atoms with Gasteiger partial charge in [-0.2, -0.15) is 0 Å². The zero-order chi connectivity index (χ0) is 11.9. The smallest absolute Gasteiger partial charge is 0.0693 e. The van der Waals surface area contributed by atoms with E-state index in [4.69, 9.17) is 4.74 Å². The molecule has 2 heteroatoms. The van der Waals surface area contributed by atoms with E-state index in [0.717, 1.165) is 6.61 Å². The SMILES string of the molecule is CC1(C)C(Nc2ccccc2)C2CCCOC21. The number of nitrogens with one attached hydrogen (secondary N) is 1. The molecule has 0 radical (unpaired) electrons. The summed E-state index contributed by atoms with van der Waals surface area (Å²) in [5.74, 6) is 0.693. The van der Waals surface area contributed by atoms with E-state index in [2.05, 4.69) is 49.5 Å². The molecule has 0 amide bonds. The van der Waals surface area contributed by atoms with Crippen LogP contribution in [0.3, 0.4) is 0 Å². The van der Waals surface area contributed by atoms with Crippen molar-refractivity contribution in [3.63, 3.8) is 0 Å². The number of ether oxygens (including phenoxy) is 1. The van der Waals surface area contributed by atoms with E-state index in [1.807, 2.05) is 0 Å². The van der Waals surface area contributed by atoms with Gasteiger partial charge in [0.2, 0.25) is 0 Å². The first-order valence-electron chi connectivity index (χ1n) is 6.63. The van der Waals surface area contributed by atoms with E-state index in [0.29, 0.717) is 18.1 Å². The molecule has 1 N–H and O–H groups in total. The fraction of sp³-hybridized carbons (Fsp3) is 0.600. The summed E-state index contributed by atoms with van der Waals surface area (Å²) in [5.41, 5.74) is 1.48. The molecule has 2 nitrogen and oxygen atoms in total. The second-order valence-corrected chi connectivity index (χ2v) is 5.91. The Morgan fingerprint density at radius 3 is 2.76 bits per heavy atom. The van der Waals surface area contributed by atoms with Crippen LogP contribution in [-0.4, -0.2) is 18.8 Å². The molecule has 1 heterocycles. The van der Waals surface area contributed by atoms with Gasteiger partial charge in [0.1, 0.15) is 0 Å². The zero-order valence-corrected chi connectivity index (χ0v) is 10.6. The quantitative estimate of drug-likeness (QED) is 0.843. The molecule has 1 aromatic carbocycles. The zero-order valence-electron chi connectivity index (χ0n) is 10.6. The Morgan fingerprint density at radius 1 is 1.24 bits per heavy atom. The highest BCUT2D eigenvalue weighted by Gasteiger charge is 2.57. The summed E-state index contributed by atoms with van der Waals surface area (Å²) >= 11 is 0. The first-order chi connectivity index (χ1) is 8.19. The minimum atomic E-state index is 0.251. The molecule has 0 spiro atoms. The molecule has 3 unspecified atom stereocenters. The highest BCUT2D eigenvalue weighted by molar-refractivity contribution is 5.45. The van der Waals surface area contributed by atoms with Gasteiger partial charge in [-0.25, -0.2) is 0 Å². The molecule has 0 aromatic heterocycles. The van der Waals surface area contributed by atoms with Gasteiger partial charge in [-0.05, 0) is 25.0 Å². The Balaban J connectivity index is 1.75. The van der Waals surface area contributed by atoms with E-state index in [-0.39, 0.29) is 5.41 Å². The summed E-state index contributed by atoms with van der Waals surface area (Å²) in [7, 11) is 0. The molecule has 92 valence electrons. The van der Waals surface area contributed by atoms with E-state index < -0.39 is 0 Å². The summed E-state index contributed by atoms with van der Waals surface area (Å²) < 4.78 is 5.92. The van der Waals surface area contributed by atoms with Crippen LogP contribution in [-0.2, 0) is 4.74 Å². The van der Waals surface area contributed by atoms with Gasteiger partial charge in [0.05, 0.1) is 6.10 Å². The molecule has 1 aliphatic heterocycles. The summed E-state index contributed by atoms with van der Waals surface area (Å²) in [4.78, 5) is 0. The van der Waals surface area contributed by atoms with Crippen LogP contribution in [0.25, 0.3) is 0 Å². The third-order valence-electron chi connectivity index (χ3n) is 4.43. The Kier molecular flexibility index (Phi) is 2.62. The minimum Gasteiger partial charge on any atom is -0.381 e. The van der Waals surface area contributed by atoms with Gasteiger partial charge in [-0.15, -0.1) is 0 Å². The van der Waals surface area contributed by atoms with Crippen LogP contribution < -0.4 is 5.32 Å². The molecule has 1 aliphatic carbocycles. The highest BCUT2D eigenvalue weighted by atomic mass is 16.5. The van der Waals surface area contributed by atoms with E-state index >= 15 is 0 Å². The number of fused-ring (bicyclic) bond motifs is 1. The maximum absolute atomic E-state index is 5.92. The molecule has 0 bridgehead atoms. The molecular formula is C15H21NO. The van der Waals surface area contributed by atoms with Crippen molar-refractivity contribution in [2.24, 2.45) is 11.3 Å². The van der Waals surface area contributed by atoms with Gasteiger partial charge >= 0.3 is 0 Å². The number of anilines is 1. The fourth-order valence-corrected chi connectivity index (χ4v) is 3.53. The lowest BCUT2D eigenvalue weighted by Crippen LogP contribution is -2.67. The predicted molar refractivity (Wildman–Crippen MR) is 70.1 cm³/mol. The normalized spacial score (nSPS) is 34.6. The third-order valence-corrected chi connectivity index (χ3v) is 4.43. The summed E-state index contributed by atoms with van der Waals surface area (Å²) in [6.07, 6.45) is 2.97. The van der Waals surface area contributed by atoms with Crippen molar-refractivity contribution in [2.75, 3.05) is 11.9 Å². The first-order valence-corrected chi connectivity index (χ1v) is 6.63. The van der Waals surface area contributed by atoms with Crippen LogP contribution in [0.1, 0.15) is 26.7 Å². The van der Waals surface area contributed by atoms with Crippen molar-refractivity contribution < 1.29 is 4.74 Å². The largest absolute Gasteiger partial charge is 0.381 e. The van der Waals surface area contributed by atoms with E-state index in [9.17, 15) is 0 Å². The molecule has 1 saturated heterocycles. The molecule has 17 heavy (non-hydrogen) atoms. The van der Waals surface area contributed by atoms with Crippen molar-refractivity contribution in [1.29, 1.82) is 0 Å². The van der Waals surface area contributed by atoms with Crippen molar-refractivity contribution >= 4 is 5.69 Å². The Labute approximate surface area is 103 Å². The van der Waals surface area contributed by atoms with Crippen LogP contribution in [0.2, 0.25) is 0 Å². The standard InChI is InChI=1S/C15H21NO/c1-15(2)13(12-9-6-10-17-14(12)15)16-11-7-4-3-5-8-11/h3-5,7-8,12-14,16H,6,9-10H2,1-2H3. The van der Waals surface area contributed by atoms with Crippen LogP contribution in [0.4, 0.5) is 5.69 Å². The lowest BCUT2D eigenvalue weighted by Gasteiger charge is -2.60. The lowest BCUT2D eigenvalue weighted by molar-refractivity contribution is -0.177. The molecule has 3 atom stereocenters. The van der Waals surface area contributed by atoms with Crippen molar-refractivity contribution in [2.45, 2.75) is 38.8 Å². The van der Waals surface area contributed by atoms with Gasteiger partial charge in [-0.3, -0.25) is 0 Å². The number of hydrogen-bond acceptors (Lipinski definition) is 2. The fourth-order valence-electron chi connectivity index (χ4n) is 3.53. The number of para-hydroxylation sites is 1. The van der Waals surface area contributed by atoms with Crippen LogP contribution in [0.15, 0.2) is 30.3 Å². The average molecular weight is 231 g/mol. The molecule has 2 fully saturated rings. The van der Waals surface area contributed by atoms with Crippen molar-refractivity contribution in [3.8, 4) is 0 Å². The molecule has 1 aromatic rings. The Hall–Kier alpha value is -1.02. The Bertz CT molecular complexity index is 387. The second-order valence-electron chi connectivity index (χ2n) is 5.91. The summed E-state index contributed by atoms with van der Waals surface area (Å²) in [5, 5.41) is 3.69. The Morgan fingerprint density at radius 2 is 2.00 bits per heavy atom. The van der Waals surface area contributed by atoms with Crippen molar-refractivity contribution in [1.82, 2.24) is 0 Å². The maximum Gasteiger partial charge on any atom is 0.0693 e. The van der Waals surface area contributed by atoms with Gasteiger partial charge in [-0.1, -0.05) is 32.0 Å². The number of rotatable bonds is 2. The second kappa shape index (κ2) is 4.02. The van der Waals surface area contributed by atoms with Gasteiger partial charge in [0.25, 0.3) is 0 Å².